The van der Waals surface area contributed by atoms with Crippen molar-refractivity contribution in [3.05, 3.63) is 22.2 Å². The fraction of sp³-hybridized carbons (Fsp3) is 0.333. The van der Waals surface area contributed by atoms with Crippen LogP contribution >= 0.6 is 15.9 Å². The minimum atomic E-state index is -0.999. The number of carboxylic acid groups (broad SMARTS) is 1. The van der Waals surface area contributed by atoms with E-state index in [0.29, 0.717) is 0 Å². The highest BCUT2D eigenvalue weighted by molar-refractivity contribution is 9.10. The van der Waals surface area contributed by atoms with Gasteiger partial charge in [0.15, 0.2) is 0 Å². The highest BCUT2D eigenvalue weighted by Gasteiger charge is 2.32. The summed E-state index contributed by atoms with van der Waals surface area (Å²) in [5.41, 5.74) is 2.54. The third-order valence-electron chi connectivity index (χ3n) is 2.90. The predicted molar refractivity (Wildman–Crippen MR) is 72.0 cm³/mol. The SMILES string of the molecule is Cc1cc(Br)c2c(c1)N(C)C(=O)C(CC(=O)O)N2. The number of carboxylic acids is 1. The van der Waals surface area contributed by atoms with Gasteiger partial charge in [-0.15, -0.1) is 0 Å². The van der Waals surface area contributed by atoms with Crippen molar-refractivity contribution >= 4 is 39.2 Å². The highest BCUT2D eigenvalue weighted by atomic mass is 79.9. The number of rotatable bonds is 2. The second-order valence-corrected chi connectivity index (χ2v) is 5.19. The zero-order valence-electron chi connectivity index (χ0n) is 10.0. The lowest BCUT2D eigenvalue weighted by Crippen LogP contribution is -2.46. The maximum absolute atomic E-state index is 12.0. The molecule has 2 N–H and O–H groups in total. The molecule has 0 bridgehead atoms. The number of aryl methyl sites for hydroxylation is 1. The van der Waals surface area contributed by atoms with Gasteiger partial charge in [-0.2, -0.15) is 0 Å². The van der Waals surface area contributed by atoms with Crippen molar-refractivity contribution in [3.8, 4) is 0 Å². The number of carbonyl (C=O) groups excluding carboxylic acids is 1. The van der Waals surface area contributed by atoms with E-state index in [1.54, 1.807) is 7.05 Å². The third kappa shape index (κ3) is 2.20. The monoisotopic (exact) mass is 312 g/mol. The maximum Gasteiger partial charge on any atom is 0.305 e. The van der Waals surface area contributed by atoms with Gasteiger partial charge in [-0.05, 0) is 40.5 Å². The van der Waals surface area contributed by atoms with Gasteiger partial charge >= 0.3 is 5.97 Å². The molecule has 0 saturated carbocycles. The molecule has 18 heavy (non-hydrogen) atoms. The number of carbonyl (C=O) groups is 2. The van der Waals surface area contributed by atoms with E-state index in [1.807, 2.05) is 19.1 Å². The number of anilines is 2. The largest absolute Gasteiger partial charge is 0.481 e. The number of fused-ring (bicyclic) bond motifs is 1. The topological polar surface area (TPSA) is 69.6 Å². The summed E-state index contributed by atoms with van der Waals surface area (Å²) in [7, 11) is 1.66. The predicted octanol–water partition coefficient (Wildman–Crippen LogP) is 1.99. The Morgan fingerprint density at radius 1 is 1.56 bits per heavy atom. The molecule has 5 nitrogen and oxygen atoms in total. The van der Waals surface area contributed by atoms with Gasteiger partial charge in [0.1, 0.15) is 6.04 Å². The molecule has 1 aromatic rings. The lowest BCUT2D eigenvalue weighted by atomic mass is 10.1. The van der Waals surface area contributed by atoms with Crippen molar-refractivity contribution in [2.45, 2.75) is 19.4 Å². The molecule has 1 aliphatic rings. The van der Waals surface area contributed by atoms with Crippen LogP contribution in [0, 0.1) is 6.92 Å². The quantitative estimate of drug-likeness (QED) is 0.876. The maximum atomic E-state index is 12.0. The van der Waals surface area contributed by atoms with Crippen LogP contribution in [0.3, 0.4) is 0 Å². The summed E-state index contributed by atoms with van der Waals surface area (Å²) in [6.07, 6.45) is -0.233. The number of benzene rings is 1. The smallest absolute Gasteiger partial charge is 0.305 e. The first kappa shape index (κ1) is 12.9. The molecular weight excluding hydrogens is 300 g/mol. The van der Waals surface area contributed by atoms with Crippen LogP contribution in [0.5, 0.6) is 0 Å². The molecule has 6 heteroatoms. The van der Waals surface area contributed by atoms with E-state index in [2.05, 4.69) is 21.2 Å². The van der Waals surface area contributed by atoms with Gasteiger partial charge in [0, 0.05) is 11.5 Å². The van der Waals surface area contributed by atoms with Crippen molar-refractivity contribution < 1.29 is 14.7 Å². The van der Waals surface area contributed by atoms with E-state index in [-0.39, 0.29) is 12.3 Å². The Hall–Kier alpha value is -1.56. The van der Waals surface area contributed by atoms with Crippen LogP contribution in [-0.2, 0) is 9.59 Å². The number of hydrogen-bond donors (Lipinski definition) is 2. The summed E-state index contributed by atoms with van der Waals surface area (Å²) in [5, 5.41) is 11.8. The summed E-state index contributed by atoms with van der Waals surface area (Å²) < 4.78 is 0.826. The Labute approximate surface area is 113 Å². The van der Waals surface area contributed by atoms with Crippen molar-refractivity contribution in [1.29, 1.82) is 0 Å². The van der Waals surface area contributed by atoms with E-state index >= 15 is 0 Å². The van der Waals surface area contributed by atoms with Gasteiger partial charge in [0.2, 0.25) is 5.91 Å². The number of aliphatic carboxylic acids is 1. The van der Waals surface area contributed by atoms with E-state index in [4.69, 9.17) is 5.11 Å². The fourth-order valence-electron chi connectivity index (χ4n) is 2.03. The van der Waals surface area contributed by atoms with Gasteiger partial charge in [0.25, 0.3) is 0 Å². The number of halogens is 1. The van der Waals surface area contributed by atoms with E-state index in [9.17, 15) is 9.59 Å². The average Bonchev–Trinajstić information content (AvgIpc) is 2.26. The standard InChI is InChI=1S/C12H13BrN2O3/c1-6-3-7(13)11-9(4-6)15(2)12(18)8(14-11)5-10(16)17/h3-4,8,14H,5H2,1-2H3,(H,16,17). The molecule has 96 valence electrons. The molecule has 1 amide bonds. The first-order chi connectivity index (χ1) is 8.40. The minimum absolute atomic E-state index is 0.233. The molecule has 1 aromatic carbocycles. The molecule has 1 heterocycles. The van der Waals surface area contributed by atoms with Gasteiger partial charge in [-0.1, -0.05) is 0 Å². The Balaban J connectivity index is 2.44. The Morgan fingerprint density at radius 2 is 2.22 bits per heavy atom. The highest BCUT2D eigenvalue weighted by Crippen LogP contribution is 2.38. The number of nitrogens with one attached hydrogen (secondary N) is 1. The molecular formula is C12H13BrN2O3. The average molecular weight is 313 g/mol. The molecule has 0 radical (unpaired) electrons. The molecule has 0 saturated heterocycles. The first-order valence-corrected chi connectivity index (χ1v) is 6.25. The molecule has 1 atom stereocenters. The van der Waals surface area contributed by atoms with Gasteiger partial charge < -0.3 is 15.3 Å². The number of hydrogen-bond acceptors (Lipinski definition) is 3. The zero-order chi connectivity index (χ0) is 13.4. The van der Waals surface area contributed by atoms with Gasteiger partial charge in [0.05, 0.1) is 17.8 Å². The van der Waals surface area contributed by atoms with Crippen LogP contribution < -0.4 is 10.2 Å². The second kappa shape index (κ2) is 4.61. The Kier molecular flexibility index (Phi) is 3.30. The molecule has 1 unspecified atom stereocenters. The molecule has 2 rings (SSSR count). The second-order valence-electron chi connectivity index (χ2n) is 4.33. The van der Waals surface area contributed by atoms with E-state index < -0.39 is 12.0 Å². The van der Waals surface area contributed by atoms with Crippen LogP contribution in [0.4, 0.5) is 11.4 Å². The van der Waals surface area contributed by atoms with E-state index in [1.165, 1.54) is 4.90 Å². The molecule has 0 fully saturated rings. The molecule has 0 aliphatic carbocycles. The van der Waals surface area contributed by atoms with Crippen molar-refractivity contribution in [3.63, 3.8) is 0 Å². The van der Waals surface area contributed by atoms with Crippen LogP contribution in [0.15, 0.2) is 16.6 Å². The summed E-state index contributed by atoms with van der Waals surface area (Å²) in [5.74, 6) is -1.23. The summed E-state index contributed by atoms with van der Waals surface area (Å²) >= 11 is 3.43. The van der Waals surface area contributed by atoms with Crippen LogP contribution in [0.2, 0.25) is 0 Å². The van der Waals surface area contributed by atoms with Crippen molar-refractivity contribution in [2.24, 2.45) is 0 Å². The van der Waals surface area contributed by atoms with Crippen LogP contribution in [0.25, 0.3) is 0 Å². The minimum Gasteiger partial charge on any atom is -0.481 e. The lowest BCUT2D eigenvalue weighted by Gasteiger charge is -2.33. The third-order valence-corrected chi connectivity index (χ3v) is 3.53. The summed E-state index contributed by atoms with van der Waals surface area (Å²) in [6.45, 7) is 1.94. The van der Waals surface area contributed by atoms with Gasteiger partial charge in [-0.25, -0.2) is 0 Å². The zero-order valence-corrected chi connectivity index (χ0v) is 11.6. The molecule has 0 aromatic heterocycles. The Bertz CT molecular complexity index is 530. The summed E-state index contributed by atoms with van der Waals surface area (Å²) in [4.78, 5) is 24.3. The van der Waals surface area contributed by atoms with Gasteiger partial charge in [-0.3, -0.25) is 9.59 Å². The summed E-state index contributed by atoms with van der Waals surface area (Å²) in [6, 6.07) is 3.09. The lowest BCUT2D eigenvalue weighted by molar-refractivity contribution is -0.138. The number of nitrogens with zero attached hydrogens (tertiary/aromatic N) is 1. The fourth-order valence-corrected chi connectivity index (χ4v) is 2.71. The number of likely N-dealkylation sites (N-methyl/N-ethyl adjacent to an activating group) is 1. The Morgan fingerprint density at radius 3 is 2.83 bits per heavy atom. The van der Waals surface area contributed by atoms with Crippen LogP contribution in [-0.4, -0.2) is 30.1 Å². The van der Waals surface area contributed by atoms with E-state index in [0.717, 1.165) is 21.4 Å². The molecule has 0 spiro atoms. The van der Waals surface area contributed by atoms with Crippen molar-refractivity contribution in [2.75, 3.05) is 17.3 Å². The normalized spacial score (nSPS) is 18.3. The number of amides is 1. The van der Waals surface area contributed by atoms with Crippen molar-refractivity contribution in [1.82, 2.24) is 0 Å². The van der Waals surface area contributed by atoms with Crippen LogP contribution in [0.1, 0.15) is 12.0 Å². The first-order valence-electron chi connectivity index (χ1n) is 5.46. The molecule has 1 aliphatic heterocycles.